The van der Waals surface area contributed by atoms with Crippen molar-refractivity contribution in [3.63, 3.8) is 0 Å². The SMILES string of the molecule is C=CC1(O)C(CN2CCCCC2)CCCC1CN1CCCCC1. The molecule has 2 unspecified atom stereocenters. The minimum atomic E-state index is -0.660. The average Bonchev–Trinajstić information content (AvgIpc) is 2.60. The van der Waals surface area contributed by atoms with Crippen LogP contribution in [-0.4, -0.2) is 59.8 Å². The second-order valence-electron chi connectivity index (χ2n) is 8.14. The Labute approximate surface area is 142 Å². The zero-order valence-electron chi connectivity index (χ0n) is 14.9. The van der Waals surface area contributed by atoms with Gasteiger partial charge in [-0.05, 0) is 64.7 Å². The van der Waals surface area contributed by atoms with Crippen LogP contribution in [0.4, 0.5) is 0 Å². The lowest BCUT2D eigenvalue weighted by atomic mass is 9.67. The topological polar surface area (TPSA) is 26.7 Å². The van der Waals surface area contributed by atoms with E-state index in [0.717, 1.165) is 25.9 Å². The van der Waals surface area contributed by atoms with Gasteiger partial charge >= 0.3 is 0 Å². The predicted octanol–water partition coefficient (Wildman–Crippen LogP) is 3.29. The van der Waals surface area contributed by atoms with Crippen LogP contribution in [0.15, 0.2) is 12.7 Å². The van der Waals surface area contributed by atoms with E-state index in [2.05, 4.69) is 16.4 Å². The first-order valence-corrected chi connectivity index (χ1v) is 10.0. The largest absolute Gasteiger partial charge is 0.385 e. The summed E-state index contributed by atoms with van der Waals surface area (Å²) in [7, 11) is 0. The quantitative estimate of drug-likeness (QED) is 0.788. The van der Waals surface area contributed by atoms with Gasteiger partial charge in [-0.25, -0.2) is 0 Å². The molecule has 1 aliphatic carbocycles. The van der Waals surface area contributed by atoms with Crippen LogP contribution < -0.4 is 0 Å². The molecule has 3 fully saturated rings. The predicted molar refractivity (Wildman–Crippen MR) is 96.6 cm³/mol. The van der Waals surface area contributed by atoms with E-state index in [1.807, 2.05) is 6.08 Å². The molecule has 23 heavy (non-hydrogen) atoms. The summed E-state index contributed by atoms with van der Waals surface area (Å²) >= 11 is 0. The van der Waals surface area contributed by atoms with Crippen molar-refractivity contribution in [2.24, 2.45) is 11.8 Å². The first kappa shape index (κ1) is 17.4. The van der Waals surface area contributed by atoms with Gasteiger partial charge in [0.1, 0.15) is 0 Å². The number of hydrogen-bond acceptors (Lipinski definition) is 3. The van der Waals surface area contributed by atoms with Crippen molar-refractivity contribution in [2.75, 3.05) is 39.3 Å². The number of piperidine rings is 2. The summed E-state index contributed by atoms with van der Waals surface area (Å²) in [4.78, 5) is 5.18. The second-order valence-corrected chi connectivity index (χ2v) is 8.14. The van der Waals surface area contributed by atoms with Gasteiger partial charge in [-0.1, -0.05) is 25.3 Å². The Morgan fingerprint density at radius 3 is 1.61 bits per heavy atom. The van der Waals surface area contributed by atoms with Crippen molar-refractivity contribution >= 4 is 0 Å². The average molecular weight is 321 g/mol. The fraction of sp³-hybridized carbons (Fsp3) is 0.900. The molecule has 3 rings (SSSR count). The van der Waals surface area contributed by atoms with E-state index in [9.17, 15) is 5.11 Å². The highest BCUT2D eigenvalue weighted by molar-refractivity contribution is 5.08. The van der Waals surface area contributed by atoms with E-state index < -0.39 is 5.60 Å². The molecule has 0 aromatic carbocycles. The maximum absolute atomic E-state index is 11.5. The molecular formula is C20H36N2O. The van der Waals surface area contributed by atoms with Gasteiger partial charge in [0.05, 0.1) is 5.60 Å². The van der Waals surface area contributed by atoms with Crippen molar-refractivity contribution in [3.05, 3.63) is 12.7 Å². The maximum atomic E-state index is 11.5. The molecule has 0 amide bonds. The van der Waals surface area contributed by atoms with Crippen LogP contribution in [0.5, 0.6) is 0 Å². The molecule has 0 spiro atoms. The Morgan fingerprint density at radius 2 is 1.22 bits per heavy atom. The summed E-state index contributed by atoms with van der Waals surface area (Å²) in [6, 6.07) is 0. The van der Waals surface area contributed by atoms with E-state index in [-0.39, 0.29) is 0 Å². The van der Waals surface area contributed by atoms with Gasteiger partial charge in [0.2, 0.25) is 0 Å². The number of nitrogens with zero attached hydrogens (tertiary/aromatic N) is 2. The summed E-state index contributed by atoms with van der Waals surface area (Å²) in [6.45, 7) is 11.1. The minimum Gasteiger partial charge on any atom is -0.385 e. The van der Waals surface area contributed by atoms with Gasteiger partial charge in [0.25, 0.3) is 0 Å². The van der Waals surface area contributed by atoms with Crippen LogP contribution >= 0.6 is 0 Å². The molecule has 0 radical (unpaired) electrons. The summed E-state index contributed by atoms with van der Waals surface area (Å²) in [5, 5.41) is 11.5. The minimum absolute atomic E-state index is 0.377. The van der Waals surface area contributed by atoms with Crippen LogP contribution in [0.25, 0.3) is 0 Å². The van der Waals surface area contributed by atoms with Crippen molar-refractivity contribution in [2.45, 2.75) is 63.4 Å². The van der Waals surface area contributed by atoms with Gasteiger partial charge in [0, 0.05) is 24.9 Å². The van der Waals surface area contributed by atoms with E-state index in [4.69, 9.17) is 0 Å². The first-order valence-electron chi connectivity index (χ1n) is 10.0. The van der Waals surface area contributed by atoms with Crippen LogP contribution in [0.2, 0.25) is 0 Å². The van der Waals surface area contributed by atoms with Crippen molar-refractivity contribution in [1.82, 2.24) is 9.80 Å². The number of rotatable bonds is 5. The standard InChI is InChI=1S/C20H36N2O/c1-2-20(23)18(16-21-12-5-3-6-13-21)10-9-11-19(20)17-22-14-7-4-8-15-22/h2,18-19,23H,1,3-17H2. The normalized spacial score (nSPS) is 37.6. The second kappa shape index (κ2) is 8.13. The first-order chi connectivity index (χ1) is 11.2. The molecule has 0 bridgehead atoms. The Morgan fingerprint density at radius 1 is 0.783 bits per heavy atom. The zero-order chi connectivity index (χ0) is 16.1. The van der Waals surface area contributed by atoms with Crippen molar-refractivity contribution < 1.29 is 5.11 Å². The molecule has 0 aromatic rings. The van der Waals surface area contributed by atoms with Gasteiger partial charge < -0.3 is 14.9 Å². The third kappa shape index (κ3) is 4.18. The fourth-order valence-electron chi connectivity index (χ4n) is 5.12. The number of hydrogen-bond donors (Lipinski definition) is 1. The van der Waals surface area contributed by atoms with Crippen molar-refractivity contribution in [3.8, 4) is 0 Å². The fourth-order valence-corrected chi connectivity index (χ4v) is 5.12. The lowest BCUT2D eigenvalue weighted by molar-refractivity contribution is -0.0758. The molecule has 2 atom stereocenters. The van der Waals surface area contributed by atoms with Gasteiger partial charge in [-0.3, -0.25) is 0 Å². The van der Waals surface area contributed by atoms with Crippen LogP contribution in [0.1, 0.15) is 57.8 Å². The molecule has 2 heterocycles. The molecule has 3 nitrogen and oxygen atoms in total. The van der Waals surface area contributed by atoms with Crippen LogP contribution in [0.3, 0.4) is 0 Å². The monoisotopic (exact) mass is 320 g/mol. The molecule has 2 saturated heterocycles. The van der Waals surface area contributed by atoms with E-state index >= 15 is 0 Å². The smallest absolute Gasteiger partial charge is 0.0905 e. The third-order valence-electron chi connectivity index (χ3n) is 6.59. The highest BCUT2D eigenvalue weighted by Gasteiger charge is 2.45. The molecule has 2 aliphatic heterocycles. The molecule has 3 aliphatic rings. The number of aliphatic hydroxyl groups is 1. The number of likely N-dealkylation sites (tertiary alicyclic amines) is 2. The van der Waals surface area contributed by atoms with E-state index in [1.165, 1.54) is 71.1 Å². The van der Waals surface area contributed by atoms with Crippen LogP contribution in [0, 0.1) is 11.8 Å². The van der Waals surface area contributed by atoms with Gasteiger partial charge in [0.15, 0.2) is 0 Å². The Balaban J connectivity index is 1.63. The molecule has 1 N–H and O–H groups in total. The Bertz CT molecular complexity index is 344. The lowest BCUT2D eigenvalue weighted by Gasteiger charge is -2.48. The van der Waals surface area contributed by atoms with E-state index in [0.29, 0.717) is 11.8 Å². The summed E-state index contributed by atoms with van der Waals surface area (Å²) in [5.41, 5.74) is -0.660. The molecule has 132 valence electrons. The Kier molecular flexibility index (Phi) is 6.17. The molecular weight excluding hydrogens is 284 g/mol. The summed E-state index contributed by atoms with van der Waals surface area (Å²) in [6.07, 6.45) is 13.6. The molecule has 0 aromatic heterocycles. The highest BCUT2D eigenvalue weighted by Crippen LogP contribution is 2.40. The highest BCUT2D eigenvalue weighted by atomic mass is 16.3. The molecule has 1 saturated carbocycles. The maximum Gasteiger partial charge on any atom is 0.0905 e. The van der Waals surface area contributed by atoms with Crippen molar-refractivity contribution in [1.29, 1.82) is 0 Å². The lowest BCUT2D eigenvalue weighted by Crippen LogP contribution is -2.54. The Hall–Kier alpha value is -0.380. The summed E-state index contributed by atoms with van der Waals surface area (Å²) in [5.74, 6) is 0.753. The third-order valence-corrected chi connectivity index (χ3v) is 6.59. The molecule has 3 heteroatoms. The van der Waals surface area contributed by atoms with Gasteiger partial charge in [-0.2, -0.15) is 0 Å². The van der Waals surface area contributed by atoms with Gasteiger partial charge in [-0.15, -0.1) is 6.58 Å². The summed E-state index contributed by atoms with van der Waals surface area (Å²) < 4.78 is 0. The van der Waals surface area contributed by atoms with E-state index in [1.54, 1.807) is 0 Å². The van der Waals surface area contributed by atoms with Crippen LogP contribution in [-0.2, 0) is 0 Å². The zero-order valence-corrected chi connectivity index (χ0v) is 14.9.